The van der Waals surface area contributed by atoms with Gasteiger partial charge in [-0.15, -0.1) is 0 Å². The van der Waals surface area contributed by atoms with Gasteiger partial charge in [0.25, 0.3) is 0 Å². The zero-order chi connectivity index (χ0) is 13.2. The van der Waals surface area contributed by atoms with E-state index in [1.54, 1.807) is 0 Å². The number of ether oxygens (including phenoxy) is 1. The summed E-state index contributed by atoms with van der Waals surface area (Å²) in [5, 5.41) is 3.34. The minimum absolute atomic E-state index is 0.249. The van der Waals surface area contributed by atoms with Crippen molar-refractivity contribution in [2.45, 2.75) is 20.3 Å². The van der Waals surface area contributed by atoms with E-state index in [1.807, 2.05) is 18.7 Å². The van der Waals surface area contributed by atoms with Gasteiger partial charge in [-0.05, 0) is 13.8 Å². The zero-order valence-corrected chi connectivity index (χ0v) is 11.8. The summed E-state index contributed by atoms with van der Waals surface area (Å²) in [4.78, 5) is 16.0. The maximum absolute atomic E-state index is 11.7. The average Bonchev–Trinajstić information content (AvgIpc) is 2.41. The quantitative estimate of drug-likeness (QED) is 0.630. The first kappa shape index (κ1) is 15.4. The van der Waals surface area contributed by atoms with Crippen molar-refractivity contribution in [2.75, 3.05) is 59.0 Å². The molecule has 0 saturated carbocycles. The third-order valence-electron chi connectivity index (χ3n) is 3.34. The molecule has 5 nitrogen and oxygen atoms in total. The van der Waals surface area contributed by atoms with Crippen molar-refractivity contribution in [3.05, 3.63) is 0 Å². The Hall–Kier alpha value is -0.650. The smallest absolute Gasteiger partial charge is 0.223 e. The molecule has 0 radical (unpaired) electrons. The number of carbonyl (C=O) groups excluding carboxylic acids is 1. The van der Waals surface area contributed by atoms with Crippen LogP contribution in [0.1, 0.15) is 20.3 Å². The van der Waals surface area contributed by atoms with Crippen molar-refractivity contribution in [3.63, 3.8) is 0 Å². The van der Waals surface area contributed by atoms with Crippen LogP contribution in [0.25, 0.3) is 0 Å². The predicted octanol–water partition coefficient (Wildman–Crippen LogP) is 0.167. The molecule has 1 amide bonds. The second-order valence-corrected chi connectivity index (χ2v) is 4.52. The molecule has 0 aromatic rings. The van der Waals surface area contributed by atoms with E-state index in [4.69, 9.17) is 4.74 Å². The summed E-state index contributed by atoms with van der Waals surface area (Å²) in [6.07, 6.45) is 0.602. The van der Waals surface area contributed by atoms with E-state index < -0.39 is 0 Å². The van der Waals surface area contributed by atoms with Crippen LogP contribution in [0.15, 0.2) is 0 Å². The summed E-state index contributed by atoms with van der Waals surface area (Å²) in [7, 11) is 0. The summed E-state index contributed by atoms with van der Waals surface area (Å²) >= 11 is 0. The average molecular weight is 257 g/mol. The molecule has 0 atom stereocenters. The van der Waals surface area contributed by atoms with Crippen LogP contribution in [0.3, 0.4) is 0 Å². The molecule has 1 fully saturated rings. The summed E-state index contributed by atoms with van der Waals surface area (Å²) < 4.78 is 5.30. The molecular formula is C13H27N3O2. The number of hydrogen-bond acceptors (Lipinski definition) is 4. The highest BCUT2D eigenvalue weighted by atomic mass is 16.5. The predicted molar refractivity (Wildman–Crippen MR) is 72.7 cm³/mol. The van der Waals surface area contributed by atoms with Gasteiger partial charge in [-0.25, -0.2) is 0 Å². The number of nitrogens with one attached hydrogen (secondary N) is 1. The molecule has 0 bridgehead atoms. The lowest BCUT2D eigenvalue weighted by Gasteiger charge is -2.26. The fraction of sp³-hybridized carbons (Fsp3) is 0.923. The number of hydrogen-bond donors (Lipinski definition) is 1. The Labute approximate surface area is 110 Å². The van der Waals surface area contributed by atoms with E-state index >= 15 is 0 Å². The van der Waals surface area contributed by atoms with E-state index in [9.17, 15) is 4.79 Å². The van der Waals surface area contributed by atoms with Crippen LogP contribution < -0.4 is 5.32 Å². The third-order valence-corrected chi connectivity index (χ3v) is 3.34. The van der Waals surface area contributed by atoms with Crippen LogP contribution in [0.2, 0.25) is 0 Å². The van der Waals surface area contributed by atoms with Crippen LogP contribution in [-0.2, 0) is 9.53 Å². The summed E-state index contributed by atoms with van der Waals surface area (Å²) in [5.74, 6) is 0.249. The largest absolute Gasteiger partial charge is 0.379 e. The van der Waals surface area contributed by atoms with Gasteiger partial charge < -0.3 is 15.0 Å². The van der Waals surface area contributed by atoms with Crippen LogP contribution in [-0.4, -0.2) is 74.7 Å². The van der Waals surface area contributed by atoms with E-state index in [1.165, 1.54) is 0 Å². The van der Waals surface area contributed by atoms with Crippen molar-refractivity contribution >= 4 is 5.91 Å². The number of nitrogens with zero attached hydrogens (tertiary/aromatic N) is 2. The molecule has 0 aromatic heterocycles. The van der Waals surface area contributed by atoms with E-state index in [0.29, 0.717) is 6.42 Å². The van der Waals surface area contributed by atoms with Gasteiger partial charge in [-0.1, -0.05) is 0 Å². The fourth-order valence-corrected chi connectivity index (χ4v) is 2.12. The molecule has 1 rings (SSSR count). The third kappa shape index (κ3) is 5.80. The number of carbonyl (C=O) groups is 1. The lowest BCUT2D eigenvalue weighted by molar-refractivity contribution is -0.130. The van der Waals surface area contributed by atoms with Crippen LogP contribution in [0, 0.1) is 0 Å². The van der Waals surface area contributed by atoms with Gasteiger partial charge in [0.2, 0.25) is 5.91 Å². The monoisotopic (exact) mass is 257 g/mol. The highest BCUT2D eigenvalue weighted by Gasteiger charge is 2.10. The normalized spacial score (nSPS) is 16.8. The van der Waals surface area contributed by atoms with Crippen LogP contribution in [0.4, 0.5) is 0 Å². The van der Waals surface area contributed by atoms with Gasteiger partial charge in [0.1, 0.15) is 0 Å². The molecule has 1 N–H and O–H groups in total. The van der Waals surface area contributed by atoms with E-state index in [2.05, 4.69) is 10.2 Å². The summed E-state index contributed by atoms with van der Waals surface area (Å²) in [6.45, 7) is 12.2. The highest BCUT2D eigenvalue weighted by Crippen LogP contribution is 1.95. The van der Waals surface area contributed by atoms with Crippen LogP contribution in [0.5, 0.6) is 0 Å². The standard InChI is InChI=1S/C13H27N3O2/c1-3-16(4-2)13(17)5-6-14-7-8-15-9-11-18-12-10-15/h14H,3-12H2,1-2H3. The second kappa shape index (κ2) is 9.30. The molecule has 1 heterocycles. The first-order valence-electron chi connectivity index (χ1n) is 7.06. The van der Waals surface area contributed by atoms with Crippen molar-refractivity contribution in [1.82, 2.24) is 15.1 Å². The Morgan fingerprint density at radius 3 is 2.50 bits per heavy atom. The fourth-order valence-electron chi connectivity index (χ4n) is 2.12. The van der Waals surface area contributed by atoms with E-state index in [-0.39, 0.29) is 5.91 Å². The van der Waals surface area contributed by atoms with Crippen molar-refractivity contribution in [2.24, 2.45) is 0 Å². The second-order valence-electron chi connectivity index (χ2n) is 4.52. The Morgan fingerprint density at radius 1 is 1.22 bits per heavy atom. The maximum atomic E-state index is 11.7. The molecule has 0 aliphatic carbocycles. The Bertz CT molecular complexity index is 226. The Balaban J connectivity index is 1.99. The van der Waals surface area contributed by atoms with E-state index in [0.717, 1.165) is 59.0 Å². The maximum Gasteiger partial charge on any atom is 0.223 e. The summed E-state index contributed by atoms with van der Waals surface area (Å²) in [6, 6.07) is 0. The van der Waals surface area contributed by atoms with Gasteiger partial charge in [0.05, 0.1) is 13.2 Å². The lowest BCUT2D eigenvalue weighted by atomic mass is 10.3. The van der Waals surface area contributed by atoms with Crippen molar-refractivity contribution < 1.29 is 9.53 Å². The molecule has 1 saturated heterocycles. The molecular weight excluding hydrogens is 230 g/mol. The molecule has 0 spiro atoms. The molecule has 1 aliphatic heterocycles. The van der Waals surface area contributed by atoms with Gasteiger partial charge >= 0.3 is 0 Å². The SMILES string of the molecule is CCN(CC)C(=O)CCNCCN1CCOCC1. The van der Waals surface area contributed by atoms with Gasteiger partial charge in [0.15, 0.2) is 0 Å². The van der Waals surface area contributed by atoms with Gasteiger partial charge in [-0.3, -0.25) is 9.69 Å². The first-order chi connectivity index (χ1) is 8.77. The lowest BCUT2D eigenvalue weighted by Crippen LogP contribution is -2.41. The number of amides is 1. The summed E-state index contributed by atoms with van der Waals surface area (Å²) in [5.41, 5.74) is 0. The number of rotatable bonds is 8. The molecule has 5 heteroatoms. The minimum atomic E-state index is 0.249. The molecule has 18 heavy (non-hydrogen) atoms. The number of morpholine rings is 1. The molecule has 0 unspecified atom stereocenters. The van der Waals surface area contributed by atoms with Crippen molar-refractivity contribution in [1.29, 1.82) is 0 Å². The molecule has 1 aliphatic rings. The Kier molecular flexibility index (Phi) is 7.96. The van der Waals surface area contributed by atoms with Crippen molar-refractivity contribution in [3.8, 4) is 0 Å². The highest BCUT2D eigenvalue weighted by molar-refractivity contribution is 5.76. The Morgan fingerprint density at radius 2 is 1.89 bits per heavy atom. The molecule has 0 aromatic carbocycles. The van der Waals surface area contributed by atoms with Gasteiger partial charge in [-0.2, -0.15) is 0 Å². The first-order valence-corrected chi connectivity index (χ1v) is 7.06. The van der Waals surface area contributed by atoms with Gasteiger partial charge in [0, 0.05) is 52.2 Å². The topological polar surface area (TPSA) is 44.8 Å². The minimum Gasteiger partial charge on any atom is -0.379 e. The molecule has 106 valence electrons. The zero-order valence-electron chi connectivity index (χ0n) is 11.8. The van der Waals surface area contributed by atoms with Crippen LogP contribution >= 0.6 is 0 Å².